The lowest BCUT2D eigenvalue weighted by atomic mass is 9.48. The van der Waals surface area contributed by atoms with Gasteiger partial charge in [-0.25, -0.2) is 0 Å². The third-order valence-corrected chi connectivity index (χ3v) is 9.52. The van der Waals surface area contributed by atoms with E-state index in [-0.39, 0.29) is 23.5 Å². The highest BCUT2D eigenvalue weighted by molar-refractivity contribution is 5.83. The van der Waals surface area contributed by atoms with Crippen molar-refractivity contribution in [2.24, 2.45) is 23.2 Å². The fourth-order valence-corrected chi connectivity index (χ4v) is 8.05. The second-order valence-electron chi connectivity index (χ2n) is 11.9. The number of rotatable bonds is 5. The van der Waals surface area contributed by atoms with E-state index in [2.05, 4.69) is 34.5 Å². The van der Waals surface area contributed by atoms with E-state index in [9.17, 15) is 9.90 Å². The molecule has 5 saturated carbocycles. The van der Waals surface area contributed by atoms with Crippen molar-refractivity contribution in [3.05, 3.63) is 24.3 Å². The van der Waals surface area contributed by atoms with Gasteiger partial charge in [0.1, 0.15) is 5.75 Å². The van der Waals surface area contributed by atoms with Crippen molar-refractivity contribution in [3.8, 4) is 5.75 Å². The lowest BCUT2D eigenvalue weighted by molar-refractivity contribution is -0.163. The molecule has 7 rings (SSSR count). The Labute approximate surface area is 198 Å². The van der Waals surface area contributed by atoms with Gasteiger partial charge in [-0.3, -0.25) is 4.79 Å². The minimum Gasteiger partial charge on any atom is -0.490 e. The summed E-state index contributed by atoms with van der Waals surface area (Å²) in [7, 11) is 0. The predicted octanol–water partition coefficient (Wildman–Crippen LogP) is 4.67. The van der Waals surface area contributed by atoms with Gasteiger partial charge in [-0.2, -0.15) is 0 Å². The van der Waals surface area contributed by atoms with Crippen molar-refractivity contribution in [2.45, 2.75) is 95.3 Å². The maximum absolute atomic E-state index is 13.5. The minimum absolute atomic E-state index is 0.169. The van der Waals surface area contributed by atoms with Crippen LogP contribution in [0.5, 0.6) is 5.75 Å². The van der Waals surface area contributed by atoms with Gasteiger partial charge in [0.25, 0.3) is 0 Å². The van der Waals surface area contributed by atoms with E-state index in [1.165, 1.54) is 37.8 Å². The standard InChI is InChI=1S/C28H40N2O3/c31-26-20-13-19-14-21(26)17-28(15-19,16-20)27(32)29-22-5-4-12-30(18-22)23-8-10-25(11-9-23)33-24-6-2-1-3-7-24/h8-11,19-22,24,26,31H,1-7,12-18H2,(H,29,32)/t19?,20?,21?,22-,26?,28?/m0/s1. The Morgan fingerprint density at radius 1 is 0.970 bits per heavy atom. The van der Waals surface area contributed by atoms with Crippen LogP contribution in [-0.4, -0.2) is 42.4 Å². The van der Waals surface area contributed by atoms with E-state index in [1.807, 2.05) is 0 Å². The van der Waals surface area contributed by atoms with Gasteiger partial charge in [-0.1, -0.05) is 6.42 Å². The Morgan fingerprint density at radius 3 is 2.42 bits per heavy atom. The number of anilines is 1. The smallest absolute Gasteiger partial charge is 0.226 e. The lowest BCUT2D eigenvalue weighted by Gasteiger charge is -2.58. The van der Waals surface area contributed by atoms with Gasteiger partial charge in [0.15, 0.2) is 0 Å². The number of hydrogen-bond donors (Lipinski definition) is 2. The molecule has 6 aliphatic rings. The third kappa shape index (κ3) is 4.26. The lowest BCUT2D eigenvalue weighted by Crippen LogP contribution is -2.60. The van der Waals surface area contributed by atoms with Crippen molar-refractivity contribution in [1.29, 1.82) is 0 Å². The Morgan fingerprint density at radius 2 is 1.70 bits per heavy atom. The van der Waals surface area contributed by atoms with E-state index in [1.54, 1.807) is 0 Å². The van der Waals surface area contributed by atoms with E-state index in [0.717, 1.165) is 63.8 Å². The van der Waals surface area contributed by atoms with Crippen LogP contribution in [0.15, 0.2) is 24.3 Å². The quantitative estimate of drug-likeness (QED) is 0.682. The Kier molecular flexibility index (Phi) is 5.80. The van der Waals surface area contributed by atoms with Crippen LogP contribution in [-0.2, 0) is 4.79 Å². The van der Waals surface area contributed by atoms with Gasteiger partial charge in [0, 0.05) is 24.8 Å². The molecule has 6 fully saturated rings. The maximum Gasteiger partial charge on any atom is 0.226 e. The van der Waals surface area contributed by atoms with Crippen LogP contribution in [0.1, 0.15) is 77.0 Å². The number of hydrogen-bond acceptors (Lipinski definition) is 4. The van der Waals surface area contributed by atoms with Crippen molar-refractivity contribution in [1.82, 2.24) is 5.32 Å². The van der Waals surface area contributed by atoms with E-state index in [4.69, 9.17) is 4.74 Å². The van der Waals surface area contributed by atoms with Crippen LogP contribution in [0.4, 0.5) is 5.69 Å². The molecule has 5 nitrogen and oxygen atoms in total. The average molecular weight is 453 g/mol. The van der Waals surface area contributed by atoms with Crippen LogP contribution >= 0.6 is 0 Å². The van der Waals surface area contributed by atoms with E-state index < -0.39 is 0 Å². The molecule has 2 N–H and O–H groups in total. The highest BCUT2D eigenvalue weighted by Crippen LogP contribution is 2.60. The number of nitrogens with one attached hydrogen (secondary N) is 1. The van der Waals surface area contributed by atoms with Crippen molar-refractivity contribution >= 4 is 11.6 Å². The van der Waals surface area contributed by atoms with Crippen LogP contribution in [0.3, 0.4) is 0 Å². The molecule has 1 aromatic rings. The topological polar surface area (TPSA) is 61.8 Å². The molecule has 5 aliphatic carbocycles. The zero-order valence-corrected chi connectivity index (χ0v) is 19.9. The van der Waals surface area contributed by atoms with Crippen LogP contribution in [0.2, 0.25) is 0 Å². The number of ether oxygens (including phenoxy) is 1. The number of aliphatic hydroxyl groups is 1. The number of piperidine rings is 1. The highest BCUT2D eigenvalue weighted by Gasteiger charge is 2.58. The molecule has 1 saturated heterocycles. The fourth-order valence-electron chi connectivity index (χ4n) is 8.05. The summed E-state index contributed by atoms with van der Waals surface area (Å²) in [6.45, 7) is 1.92. The van der Waals surface area contributed by atoms with Gasteiger partial charge in [-0.05, 0) is 113 Å². The van der Waals surface area contributed by atoms with Gasteiger partial charge in [0.2, 0.25) is 5.91 Å². The van der Waals surface area contributed by atoms with E-state index in [0.29, 0.717) is 23.9 Å². The summed E-state index contributed by atoms with van der Waals surface area (Å²) in [6.07, 6.45) is 13.7. The fraction of sp³-hybridized carbons (Fsp3) is 0.750. The molecular weight excluding hydrogens is 412 g/mol. The first-order chi connectivity index (χ1) is 16.1. The summed E-state index contributed by atoms with van der Waals surface area (Å²) < 4.78 is 6.20. The highest BCUT2D eigenvalue weighted by atomic mass is 16.5. The summed E-state index contributed by atoms with van der Waals surface area (Å²) in [5.74, 6) is 2.60. The summed E-state index contributed by atoms with van der Waals surface area (Å²) in [5, 5.41) is 14.0. The molecule has 0 aromatic heterocycles. The maximum atomic E-state index is 13.5. The largest absolute Gasteiger partial charge is 0.490 e. The Hall–Kier alpha value is -1.75. The molecule has 5 heteroatoms. The van der Waals surface area contributed by atoms with Gasteiger partial charge in [0.05, 0.1) is 17.6 Å². The summed E-state index contributed by atoms with van der Waals surface area (Å²) in [4.78, 5) is 15.9. The molecule has 180 valence electrons. The zero-order valence-electron chi connectivity index (χ0n) is 19.9. The van der Waals surface area contributed by atoms with Gasteiger partial charge in [-0.15, -0.1) is 0 Å². The zero-order chi connectivity index (χ0) is 22.4. The number of carbonyl (C=O) groups excluding carboxylic acids is 1. The first-order valence-electron chi connectivity index (χ1n) is 13.6. The predicted molar refractivity (Wildman–Crippen MR) is 129 cm³/mol. The van der Waals surface area contributed by atoms with Crippen LogP contribution < -0.4 is 15.0 Å². The number of benzene rings is 1. The average Bonchev–Trinajstić information content (AvgIpc) is 2.83. The molecular formula is C28H40N2O3. The molecule has 1 aliphatic heterocycles. The molecule has 0 radical (unpaired) electrons. The van der Waals surface area contributed by atoms with Crippen molar-refractivity contribution in [3.63, 3.8) is 0 Å². The second-order valence-corrected chi connectivity index (χ2v) is 11.9. The van der Waals surface area contributed by atoms with E-state index >= 15 is 0 Å². The van der Waals surface area contributed by atoms with Crippen molar-refractivity contribution in [2.75, 3.05) is 18.0 Å². The second kappa shape index (κ2) is 8.79. The Balaban J connectivity index is 1.06. The molecule has 33 heavy (non-hydrogen) atoms. The molecule has 1 aromatic carbocycles. The number of carbonyl (C=O) groups is 1. The van der Waals surface area contributed by atoms with Crippen molar-refractivity contribution < 1.29 is 14.6 Å². The molecule has 2 unspecified atom stereocenters. The minimum atomic E-state index is -0.212. The normalized spacial score (nSPS) is 38.3. The molecule has 1 heterocycles. The summed E-state index contributed by atoms with van der Waals surface area (Å²) in [6, 6.07) is 8.81. The number of amides is 1. The number of aliphatic hydroxyl groups excluding tert-OH is 1. The first kappa shape index (κ1) is 21.8. The molecule has 4 bridgehead atoms. The monoisotopic (exact) mass is 452 g/mol. The summed E-state index contributed by atoms with van der Waals surface area (Å²) in [5.41, 5.74) is 1.01. The SMILES string of the molecule is O=C(N[C@H]1CCCN(c2ccc(OC3CCCCC3)cc2)C1)C12CC3CC(C1)C(O)C(C3)C2. The van der Waals surface area contributed by atoms with Crippen LogP contribution in [0.25, 0.3) is 0 Å². The first-order valence-corrected chi connectivity index (χ1v) is 13.6. The van der Waals surface area contributed by atoms with Crippen LogP contribution in [0, 0.1) is 23.2 Å². The third-order valence-electron chi connectivity index (χ3n) is 9.52. The Bertz CT molecular complexity index is 833. The van der Waals surface area contributed by atoms with Gasteiger partial charge >= 0.3 is 0 Å². The summed E-state index contributed by atoms with van der Waals surface area (Å²) >= 11 is 0. The molecule has 0 spiro atoms. The molecule has 1 amide bonds. The number of nitrogens with zero attached hydrogens (tertiary/aromatic N) is 1. The van der Waals surface area contributed by atoms with Gasteiger partial charge < -0.3 is 20.1 Å². The molecule has 3 atom stereocenters.